The molecule has 0 bridgehead atoms. The van der Waals surface area contributed by atoms with Crippen molar-refractivity contribution in [3.8, 4) is 0 Å². The number of nitro benzene ring substituents is 1. The summed E-state index contributed by atoms with van der Waals surface area (Å²) >= 11 is 3.09. The van der Waals surface area contributed by atoms with Gasteiger partial charge in [0, 0.05) is 11.0 Å². The summed E-state index contributed by atoms with van der Waals surface area (Å²) < 4.78 is 13.7. The number of hydrogen-bond acceptors (Lipinski definition) is 3. The largest absolute Gasteiger partial charge is 0.375 e. The second-order valence-electron chi connectivity index (χ2n) is 2.76. The molecule has 0 fully saturated rings. The number of benzene rings is 1. The van der Waals surface area contributed by atoms with Crippen LogP contribution in [0, 0.1) is 15.9 Å². The Morgan fingerprint density at radius 1 is 1.67 bits per heavy atom. The molecule has 0 aliphatic rings. The van der Waals surface area contributed by atoms with Gasteiger partial charge in [-0.15, -0.1) is 0 Å². The van der Waals surface area contributed by atoms with Crippen LogP contribution >= 0.6 is 15.9 Å². The van der Waals surface area contributed by atoms with E-state index in [-0.39, 0.29) is 5.69 Å². The molecule has 15 heavy (non-hydrogen) atoms. The molecule has 80 valence electrons. The minimum Gasteiger partial charge on any atom is -0.375 e. The first-order valence-corrected chi connectivity index (χ1v) is 4.81. The molecule has 1 rings (SSSR count). The van der Waals surface area contributed by atoms with E-state index in [4.69, 9.17) is 0 Å². The van der Waals surface area contributed by atoms with Crippen LogP contribution < -0.4 is 5.32 Å². The minimum absolute atomic E-state index is 0.139. The summed E-state index contributed by atoms with van der Waals surface area (Å²) in [5, 5.41) is 13.3. The van der Waals surface area contributed by atoms with Gasteiger partial charge in [-0.3, -0.25) is 10.1 Å². The number of nitro groups is 1. The third-order valence-electron chi connectivity index (χ3n) is 1.64. The average Bonchev–Trinajstić information content (AvgIpc) is 2.13. The van der Waals surface area contributed by atoms with E-state index in [1.54, 1.807) is 0 Å². The van der Waals surface area contributed by atoms with Crippen LogP contribution in [0.15, 0.2) is 29.3 Å². The summed E-state index contributed by atoms with van der Waals surface area (Å²) in [4.78, 5) is 9.82. The molecule has 0 saturated heterocycles. The van der Waals surface area contributed by atoms with Gasteiger partial charge < -0.3 is 5.32 Å². The quantitative estimate of drug-likeness (QED) is 0.678. The van der Waals surface area contributed by atoms with E-state index in [0.717, 1.165) is 6.07 Å². The fourth-order valence-corrected chi connectivity index (χ4v) is 1.17. The van der Waals surface area contributed by atoms with Gasteiger partial charge in [-0.05, 0) is 12.1 Å². The topological polar surface area (TPSA) is 55.2 Å². The Hall–Kier alpha value is -1.43. The molecule has 0 spiro atoms. The predicted octanol–water partition coefficient (Wildman–Crippen LogP) is 3.05. The normalized spacial score (nSPS) is 9.73. The van der Waals surface area contributed by atoms with Gasteiger partial charge >= 0.3 is 5.69 Å². The van der Waals surface area contributed by atoms with Crippen molar-refractivity contribution in [1.29, 1.82) is 0 Å². The minimum atomic E-state index is -0.856. The smallest absolute Gasteiger partial charge is 0.327 e. The number of nitrogens with zero attached hydrogens (tertiary/aromatic N) is 1. The first-order chi connectivity index (χ1) is 7.02. The van der Waals surface area contributed by atoms with E-state index in [2.05, 4.69) is 27.8 Å². The fraction of sp³-hybridized carbons (Fsp3) is 0.111. The van der Waals surface area contributed by atoms with Crippen LogP contribution in [0.4, 0.5) is 15.8 Å². The molecule has 0 aliphatic carbocycles. The molecule has 0 radical (unpaired) electrons. The molecule has 0 heterocycles. The summed E-state index contributed by atoms with van der Waals surface area (Å²) in [5.41, 5.74) is -0.410. The summed E-state index contributed by atoms with van der Waals surface area (Å²) in [5.74, 6) is -0.856. The van der Waals surface area contributed by atoms with E-state index in [1.807, 2.05) is 0 Å². The maximum Gasteiger partial charge on any atom is 0.327 e. The van der Waals surface area contributed by atoms with Gasteiger partial charge in [-0.2, -0.15) is 4.39 Å². The van der Waals surface area contributed by atoms with Gasteiger partial charge in [0.2, 0.25) is 5.82 Å². The Morgan fingerprint density at radius 2 is 2.33 bits per heavy atom. The second-order valence-corrected chi connectivity index (χ2v) is 3.89. The van der Waals surface area contributed by atoms with Crippen LogP contribution in [0.2, 0.25) is 0 Å². The molecule has 1 N–H and O–H groups in total. The second kappa shape index (κ2) is 4.88. The first-order valence-electron chi connectivity index (χ1n) is 4.02. The van der Waals surface area contributed by atoms with E-state index in [9.17, 15) is 14.5 Å². The van der Waals surface area contributed by atoms with Gasteiger partial charge in [-0.25, -0.2) is 0 Å². The lowest BCUT2D eigenvalue weighted by molar-refractivity contribution is -0.386. The SMILES string of the molecule is C=C(Br)CNc1cccc(F)c1[N+](=O)[O-]. The molecule has 6 heteroatoms. The highest BCUT2D eigenvalue weighted by molar-refractivity contribution is 9.11. The number of nitrogens with one attached hydrogen (secondary N) is 1. The van der Waals surface area contributed by atoms with Gasteiger partial charge in [0.05, 0.1) is 4.92 Å². The molecule has 4 nitrogen and oxygen atoms in total. The molecular formula is C9H8BrFN2O2. The zero-order chi connectivity index (χ0) is 11.4. The van der Waals surface area contributed by atoms with Crippen molar-refractivity contribution in [1.82, 2.24) is 0 Å². The zero-order valence-corrected chi connectivity index (χ0v) is 9.25. The Morgan fingerprint density at radius 3 is 2.87 bits per heavy atom. The highest BCUT2D eigenvalue weighted by Crippen LogP contribution is 2.27. The van der Waals surface area contributed by atoms with Gasteiger partial charge in [0.15, 0.2) is 0 Å². The number of halogens is 2. The van der Waals surface area contributed by atoms with Crippen molar-refractivity contribution in [2.75, 3.05) is 11.9 Å². The molecule has 0 aromatic heterocycles. The third kappa shape index (κ3) is 3.02. The van der Waals surface area contributed by atoms with Gasteiger partial charge in [0.25, 0.3) is 0 Å². The zero-order valence-electron chi connectivity index (χ0n) is 7.67. The number of anilines is 1. The van der Waals surface area contributed by atoms with E-state index >= 15 is 0 Å². The van der Waals surface area contributed by atoms with Crippen LogP contribution in [0.3, 0.4) is 0 Å². The van der Waals surface area contributed by atoms with Crippen molar-refractivity contribution < 1.29 is 9.31 Å². The predicted molar refractivity (Wildman–Crippen MR) is 59.6 cm³/mol. The molecule has 0 unspecified atom stereocenters. The standard InChI is InChI=1S/C9H8BrFN2O2/c1-6(10)5-12-8-4-2-3-7(11)9(8)13(14)15/h2-4,12H,1,5H2. The molecule has 0 saturated carbocycles. The summed E-state index contributed by atoms with van der Waals surface area (Å²) in [6.07, 6.45) is 0. The molecule has 0 amide bonds. The Balaban J connectivity index is 3.01. The maximum atomic E-state index is 13.1. The van der Waals surface area contributed by atoms with E-state index in [0.29, 0.717) is 11.0 Å². The Bertz CT molecular complexity index is 409. The first kappa shape index (κ1) is 11.6. The maximum absolute atomic E-state index is 13.1. The highest BCUT2D eigenvalue weighted by atomic mass is 79.9. The third-order valence-corrected chi connectivity index (χ3v) is 1.92. The summed E-state index contributed by atoms with van der Waals surface area (Å²) in [6, 6.07) is 3.89. The molecule has 1 aromatic carbocycles. The van der Waals surface area contributed by atoms with Crippen molar-refractivity contribution in [3.05, 3.63) is 45.2 Å². The Labute approximate surface area is 94.1 Å². The van der Waals surface area contributed by atoms with E-state index in [1.165, 1.54) is 12.1 Å². The van der Waals surface area contributed by atoms with Crippen LogP contribution in [-0.2, 0) is 0 Å². The lowest BCUT2D eigenvalue weighted by Gasteiger charge is -2.05. The lowest BCUT2D eigenvalue weighted by Crippen LogP contribution is -2.05. The van der Waals surface area contributed by atoms with Crippen LogP contribution in [-0.4, -0.2) is 11.5 Å². The van der Waals surface area contributed by atoms with Crippen LogP contribution in [0.25, 0.3) is 0 Å². The molecule has 1 aromatic rings. The fourth-order valence-electron chi connectivity index (χ4n) is 1.03. The van der Waals surface area contributed by atoms with E-state index < -0.39 is 16.4 Å². The summed E-state index contributed by atoms with van der Waals surface area (Å²) in [6.45, 7) is 3.85. The molecule has 0 atom stereocenters. The van der Waals surface area contributed by atoms with Crippen LogP contribution in [0.1, 0.15) is 0 Å². The van der Waals surface area contributed by atoms with Crippen molar-refractivity contribution in [2.45, 2.75) is 0 Å². The number of rotatable bonds is 4. The highest BCUT2D eigenvalue weighted by Gasteiger charge is 2.19. The molecular weight excluding hydrogens is 267 g/mol. The summed E-state index contributed by atoms with van der Waals surface area (Å²) in [7, 11) is 0. The number of hydrogen-bond donors (Lipinski definition) is 1. The van der Waals surface area contributed by atoms with Crippen molar-refractivity contribution >= 4 is 27.3 Å². The van der Waals surface area contributed by atoms with Crippen molar-refractivity contribution in [3.63, 3.8) is 0 Å². The lowest BCUT2D eigenvalue weighted by atomic mass is 10.2. The van der Waals surface area contributed by atoms with Gasteiger partial charge in [-0.1, -0.05) is 28.6 Å². The van der Waals surface area contributed by atoms with Gasteiger partial charge in [0.1, 0.15) is 5.69 Å². The van der Waals surface area contributed by atoms with Crippen LogP contribution in [0.5, 0.6) is 0 Å². The Kier molecular flexibility index (Phi) is 3.79. The molecule has 0 aliphatic heterocycles. The van der Waals surface area contributed by atoms with Crippen molar-refractivity contribution in [2.24, 2.45) is 0 Å². The monoisotopic (exact) mass is 274 g/mol. The number of para-hydroxylation sites is 1. The average molecular weight is 275 g/mol.